The zero-order valence-electron chi connectivity index (χ0n) is 10.9. The average molecular weight is 266 g/mol. The van der Waals surface area contributed by atoms with Gasteiger partial charge in [-0.05, 0) is 43.4 Å². The molecule has 1 aromatic rings. The van der Waals surface area contributed by atoms with Gasteiger partial charge in [0.05, 0.1) is 18.8 Å². The van der Waals surface area contributed by atoms with Crippen molar-refractivity contribution >= 4 is 17.3 Å². The van der Waals surface area contributed by atoms with Crippen LogP contribution in [0.1, 0.15) is 30.4 Å². The fourth-order valence-corrected chi connectivity index (χ4v) is 3.51. The lowest BCUT2D eigenvalue weighted by Crippen LogP contribution is -2.48. The molecule has 1 aliphatic heterocycles. The number of hydrogen-bond donors (Lipinski definition) is 0. The minimum Gasteiger partial charge on any atom is -0.374 e. The number of aryl methyl sites for hydroxylation is 1. The van der Waals surface area contributed by atoms with Crippen molar-refractivity contribution in [1.82, 2.24) is 0 Å². The Morgan fingerprint density at radius 1 is 1.39 bits per heavy atom. The molecule has 2 nitrogen and oxygen atoms in total. The third kappa shape index (κ3) is 2.12. The molecular weight excluding hydrogens is 246 g/mol. The summed E-state index contributed by atoms with van der Waals surface area (Å²) in [6.07, 6.45) is 4.23. The Hall–Kier alpha value is -0.730. The Kier molecular flexibility index (Phi) is 3.49. The summed E-state index contributed by atoms with van der Waals surface area (Å²) < 4.78 is 5.88. The summed E-state index contributed by atoms with van der Waals surface area (Å²) in [4.78, 5) is 2.55. The van der Waals surface area contributed by atoms with Crippen molar-refractivity contribution in [3.8, 4) is 0 Å². The van der Waals surface area contributed by atoms with E-state index in [4.69, 9.17) is 16.3 Å². The van der Waals surface area contributed by atoms with Crippen LogP contribution in [-0.4, -0.2) is 25.3 Å². The molecule has 3 rings (SSSR count). The molecule has 2 aliphatic rings. The molecule has 2 atom stereocenters. The zero-order chi connectivity index (χ0) is 12.5. The second-order valence-electron chi connectivity index (χ2n) is 5.36. The molecule has 18 heavy (non-hydrogen) atoms. The Labute approximate surface area is 114 Å². The van der Waals surface area contributed by atoms with E-state index >= 15 is 0 Å². The summed E-state index contributed by atoms with van der Waals surface area (Å²) >= 11 is 5.89. The highest BCUT2D eigenvalue weighted by atomic mass is 35.5. The summed E-state index contributed by atoms with van der Waals surface area (Å²) in [6.45, 7) is 4.06. The van der Waals surface area contributed by atoms with Crippen molar-refractivity contribution in [2.24, 2.45) is 0 Å². The van der Waals surface area contributed by atoms with Crippen LogP contribution in [0.3, 0.4) is 0 Å². The largest absolute Gasteiger partial charge is 0.374 e. The molecule has 2 unspecified atom stereocenters. The highest BCUT2D eigenvalue weighted by Gasteiger charge is 2.36. The maximum atomic E-state index is 5.89. The van der Waals surface area contributed by atoms with Gasteiger partial charge in [-0.1, -0.05) is 12.1 Å². The number of halogens is 1. The number of anilines is 1. The molecule has 3 heteroatoms. The van der Waals surface area contributed by atoms with E-state index in [1.165, 1.54) is 36.1 Å². The Morgan fingerprint density at radius 3 is 3.06 bits per heavy atom. The lowest BCUT2D eigenvalue weighted by molar-refractivity contribution is 0.0256. The molecule has 1 saturated carbocycles. The predicted octanol–water partition coefficient (Wildman–Crippen LogP) is 3.49. The number of rotatable bonds is 2. The van der Waals surface area contributed by atoms with Crippen molar-refractivity contribution in [3.05, 3.63) is 29.3 Å². The van der Waals surface area contributed by atoms with Gasteiger partial charge >= 0.3 is 0 Å². The van der Waals surface area contributed by atoms with Gasteiger partial charge in [-0.2, -0.15) is 0 Å². The monoisotopic (exact) mass is 265 g/mol. The summed E-state index contributed by atoms with van der Waals surface area (Å²) in [5.74, 6) is 0.594. The van der Waals surface area contributed by atoms with Crippen LogP contribution in [0.2, 0.25) is 0 Å². The van der Waals surface area contributed by atoms with E-state index in [-0.39, 0.29) is 0 Å². The standard InChI is InChI=1S/C15H20ClNO/c1-11-9-12(10-16)5-6-13(11)17-7-8-18-15-4-2-3-14(15)17/h5-6,9,14-15H,2-4,7-8,10H2,1H3. The highest BCUT2D eigenvalue weighted by Crippen LogP contribution is 2.34. The second-order valence-corrected chi connectivity index (χ2v) is 5.62. The van der Waals surface area contributed by atoms with E-state index < -0.39 is 0 Å². The number of morpholine rings is 1. The molecule has 2 fully saturated rings. The van der Waals surface area contributed by atoms with E-state index in [1.807, 2.05) is 0 Å². The molecular formula is C15H20ClNO. The van der Waals surface area contributed by atoms with Crippen molar-refractivity contribution < 1.29 is 4.74 Å². The Morgan fingerprint density at radius 2 is 2.28 bits per heavy atom. The van der Waals surface area contributed by atoms with Crippen molar-refractivity contribution in [2.75, 3.05) is 18.1 Å². The number of nitrogens with zero attached hydrogens (tertiary/aromatic N) is 1. The van der Waals surface area contributed by atoms with Gasteiger partial charge in [-0.25, -0.2) is 0 Å². The number of ether oxygens (including phenoxy) is 1. The van der Waals surface area contributed by atoms with E-state index in [0.717, 1.165) is 13.2 Å². The van der Waals surface area contributed by atoms with E-state index in [1.54, 1.807) is 0 Å². The van der Waals surface area contributed by atoms with Crippen molar-refractivity contribution in [2.45, 2.75) is 44.2 Å². The first kappa shape index (κ1) is 12.3. The molecule has 0 radical (unpaired) electrons. The number of alkyl halides is 1. The normalized spacial score (nSPS) is 27.3. The maximum absolute atomic E-state index is 5.89. The van der Waals surface area contributed by atoms with Crippen LogP contribution in [0.4, 0.5) is 5.69 Å². The van der Waals surface area contributed by atoms with Crippen LogP contribution in [0, 0.1) is 6.92 Å². The Bertz CT molecular complexity index is 435. The van der Waals surface area contributed by atoms with Crippen molar-refractivity contribution in [1.29, 1.82) is 0 Å². The molecule has 0 bridgehead atoms. The Balaban J connectivity index is 1.89. The van der Waals surface area contributed by atoms with Gasteiger partial charge in [0, 0.05) is 18.1 Å². The van der Waals surface area contributed by atoms with E-state index in [2.05, 4.69) is 30.0 Å². The van der Waals surface area contributed by atoms with Crippen LogP contribution in [0.25, 0.3) is 0 Å². The quantitative estimate of drug-likeness (QED) is 0.759. The summed E-state index contributed by atoms with van der Waals surface area (Å²) in [5.41, 5.74) is 3.90. The van der Waals surface area contributed by atoms with Crippen LogP contribution in [0.5, 0.6) is 0 Å². The molecule has 0 spiro atoms. The van der Waals surface area contributed by atoms with Crippen LogP contribution >= 0.6 is 11.6 Å². The van der Waals surface area contributed by atoms with Gasteiger partial charge in [0.15, 0.2) is 0 Å². The maximum Gasteiger partial charge on any atom is 0.0779 e. The van der Waals surface area contributed by atoms with Gasteiger partial charge in [-0.15, -0.1) is 11.6 Å². The third-order valence-electron chi connectivity index (χ3n) is 4.21. The fraction of sp³-hybridized carbons (Fsp3) is 0.600. The molecule has 98 valence electrons. The first-order chi connectivity index (χ1) is 8.79. The fourth-order valence-electron chi connectivity index (χ4n) is 3.35. The summed E-state index contributed by atoms with van der Waals surface area (Å²) in [6, 6.07) is 7.17. The molecule has 1 aliphatic carbocycles. The molecule has 1 aromatic carbocycles. The topological polar surface area (TPSA) is 12.5 Å². The minimum absolute atomic E-state index is 0.450. The highest BCUT2D eigenvalue weighted by molar-refractivity contribution is 6.17. The number of fused-ring (bicyclic) bond motifs is 1. The van der Waals surface area contributed by atoms with Gasteiger partial charge in [0.1, 0.15) is 0 Å². The minimum atomic E-state index is 0.450. The van der Waals surface area contributed by atoms with Gasteiger partial charge < -0.3 is 9.64 Å². The lowest BCUT2D eigenvalue weighted by atomic mass is 10.1. The van der Waals surface area contributed by atoms with Gasteiger partial charge in [0.2, 0.25) is 0 Å². The molecule has 0 aromatic heterocycles. The molecule has 1 heterocycles. The molecule has 0 amide bonds. The average Bonchev–Trinajstić information content (AvgIpc) is 2.87. The first-order valence-corrected chi connectivity index (χ1v) is 7.37. The van der Waals surface area contributed by atoms with Crippen molar-refractivity contribution in [3.63, 3.8) is 0 Å². The first-order valence-electron chi connectivity index (χ1n) is 6.83. The van der Waals surface area contributed by atoms with E-state index in [9.17, 15) is 0 Å². The third-order valence-corrected chi connectivity index (χ3v) is 4.52. The molecule has 0 N–H and O–H groups in total. The molecule has 1 saturated heterocycles. The van der Waals surface area contributed by atoms with Crippen LogP contribution < -0.4 is 4.90 Å². The zero-order valence-corrected chi connectivity index (χ0v) is 11.6. The summed E-state index contributed by atoms with van der Waals surface area (Å²) in [7, 11) is 0. The SMILES string of the molecule is Cc1cc(CCl)ccc1N1CCOC2CCCC21. The van der Waals surface area contributed by atoms with E-state index in [0.29, 0.717) is 18.0 Å². The van der Waals surface area contributed by atoms with Gasteiger partial charge in [0.25, 0.3) is 0 Å². The predicted molar refractivity (Wildman–Crippen MR) is 75.5 cm³/mol. The van der Waals surface area contributed by atoms with Crippen LogP contribution in [0.15, 0.2) is 18.2 Å². The van der Waals surface area contributed by atoms with Crippen LogP contribution in [-0.2, 0) is 10.6 Å². The number of benzene rings is 1. The van der Waals surface area contributed by atoms with Gasteiger partial charge in [-0.3, -0.25) is 0 Å². The summed E-state index contributed by atoms with van der Waals surface area (Å²) in [5, 5.41) is 0. The smallest absolute Gasteiger partial charge is 0.0779 e. The lowest BCUT2D eigenvalue weighted by Gasteiger charge is -2.40. The number of hydrogen-bond acceptors (Lipinski definition) is 2. The second kappa shape index (κ2) is 5.10.